The summed E-state index contributed by atoms with van der Waals surface area (Å²) in [5, 5.41) is 9.70. The van der Waals surface area contributed by atoms with Crippen LogP contribution in [0.3, 0.4) is 0 Å². The molecule has 0 unspecified atom stereocenters. The standard InChI is InChI=1S/C20H25Cl2N5O/c1-15-18(13-23-24-19(28)9-12-26-10-3-2-4-11-26)20(22)27(25-15)14-16-5-7-17(21)8-6-16/h5-8,13H,2-4,9-12,14H2,1H3,(H,24,28)/b23-13+. The molecule has 0 bridgehead atoms. The molecule has 0 spiro atoms. The van der Waals surface area contributed by atoms with Gasteiger partial charge in [-0.3, -0.25) is 4.79 Å². The number of amides is 1. The first kappa shape index (κ1) is 20.8. The van der Waals surface area contributed by atoms with E-state index in [9.17, 15) is 4.79 Å². The van der Waals surface area contributed by atoms with Crippen LogP contribution >= 0.6 is 23.2 Å². The molecule has 1 fully saturated rings. The number of nitrogens with zero attached hydrogens (tertiary/aromatic N) is 4. The lowest BCUT2D eigenvalue weighted by Gasteiger charge is -2.25. The monoisotopic (exact) mass is 421 g/mol. The largest absolute Gasteiger partial charge is 0.303 e. The van der Waals surface area contributed by atoms with Crippen molar-refractivity contribution in [2.75, 3.05) is 19.6 Å². The first-order valence-electron chi connectivity index (χ1n) is 9.54. The number of aryl methyl sites for hydroxylation is 1. The minimum absolute atomic E-state index is 0.0934. The van der Waals surface area contributed by atoms with E-state index in [2.05, 4.69) is 20.5 Å². The third-order valence-electron chi connectivity index (χ3n) is 4.84. The van der Waals surface area contributed by atoms with Crippen molar-refractivity contribution in [2.45, 2.75) is 39.2 Å². The van der Waals surface area contributed by atoms with Crippen LogP contribution in [-0.4, -0.2) is 46.4 Å². The third-order valence-corrected chi connectivity index (χ3v) is 5.49. The normalized spacial score (nSPS) is 15.2. The van der Waals surface area contributed by atoms with Gasteiger partial charge in [-0.2, -0.15) is 10.2 Å². The number of hydrogen-bond acceptors (Lipinski definition) is 4. The smallest absolute Gasteiger partial charge is 0.241 e. The SMILES string of the molecule is Cc1nn(Cc2ccc(Cl)cc2)c(Cl)c1/C=N/NC(=O)CCN1CCCCC1. The minimum Gasteiger partial charge on any atom is -0.303 e. The second-order valence-corrected chi connectivity index (χ2v) is 7.81. The van der Waals surface area contributed by atoms with E-state index in [-0.39, 0.29) is 5.91 Å². The Morgan fingerprint density at radius 1 is 1.21 bits per heavy atom. The summed E-state index contributed by atoms with van der Waals surface area (Å²) in [6.45, 7) is 5.34. The van der Waals surface area contributed by atoms with E-state index in [0.29, 0.717) is 28.7 Å². The third kappa shape index (κ3) is 5.80. The predicted molar refractivity (Wildman–Crippen MR) is 113 cm³/mol. The lowest BCUT2D eigenvalue weighted by atomic mass is 10.1. The average molecular weight is 422 g/mol. The van der Waals surface area contributed by atoms with Crippen molar-refractivity contribution in [1.82, 2.24) is 20.1 Å². The van der Waals surface area contributed by atoms with Crippen LogP contribution in [0, 0.1) is 6.92 Å². The molecule has 8 heteroatoms. The summed E-state index contributed by atoms with van der Waals surface area (Å²) in [7, 11) is 0. The summed E-state index contributed by atoms with van der Waals surface area (Å²) in [6.07, 6.45) is 5.73. The summed E-state index contributed by atoms with van der Waals surface area (Å²) >= 11 is 12.4. The van der Waals surface area contributed by atoms with Crippen LogP contribution in [0.4, 0.5) is 0 Å². The Hall–Kier alpha value is -1.89. The predicted octanol–water partition coefficient (Wildman–Crippen LogP) is 3.87. The number of piperidine rings is 1. The molecule has 28 heavy (non-hydrogen) atoms. The maximum Gasteiger partial charge on any atom is 0.241 e. The molecule has 2 aromatic rings. The first-order chi connectivity index (χ1) is 13.5. The highest BCUT2D eigenvalue weighted by Crippen LogP contribution is 2.20. The van der Waals surface area contributed by atoms with Gasteiger partial charge in [0.1, 0.15) is 5.15 Å². The van der Waals surface area contributed by atoms with Crippen LogP contribution in [0.2, 0.25) is 10.2 Å². The van der Waals surface area contributed by atoms with E-state index in [1.807, 2.05) is 31.2 Å². The molecule has 1 saturated heterocycles. The highest BCUT2D eigenvalue weighted by Gasteiger charge is 2.13. The number of benzene rings is 1. The molecule has 0 saturated carbocycles. The number of carbonyl (C=O) groups excluding carboxylic acids is 1. The zero-order chi connectivity index (χ0) is 19.9. The second kappa shape index (κ2) is 10.0. The molecular weight excluding hydrogens is 397 g/mol. The Labute approximate surface area is 175 Å². The van der Waals surface area contributed by atoms with Gasteiger partial charge in [-0.05, 0) is 50.6 Å². The van der Waals surface area contributed by atoms with Gasteiger partial charge in [-0.15, -0.1) is 0 Å². The molecule has 3 rings (SSSR count). The van der Waals surface area contributed by atoms with E-state index in [1.54, 1.807) is 10.9 Å². The number of halogens is 2. The number of rotatable bonds is 7. The van der Waals surface area contributed by atoms with Gasteiger partial charge in [0.25, 0.3) is 0 Å². The highest BCUT2D eigenvalue weighted by atomic mass is 35.5. The van der Waals surface area contributed by atoms with Gasteiger partial charge in [0, 0.05) is 18.0 Å². The van der Waals surface area contributed by atoms with Crippen molar-refractivity contribution in [3.63, 3.8) is 0 Å². The van der Waals surface area contributed by atoms with Gasteiger partial charge in [0.15, 0.2) is 0 Å². The zero-order valence-corrected chi connectivity index (χ0v) is 17.5. The molecule has 1 amide bonds. The molecule has 2 heterocycles. The molecule has 0 radical (unpaired) electrons. The fraction of sp³-hybridized carbons (Fsp3) is 0.450. The zero-order valence-electron chi connectivity index (χ0n) is 16.0. The van der Waals surface area contributed by atoms with E-state index >= 15 is 0 Å². The van der Waals surface area contributed by atoms with Crippen molar-refractivity contribution < 1.29 is 4.79 Å². The molecular formula is C20H25Cl2N5O. The Kier molecular flexibility index (Phi) is 7.48. The van der Waals surface area contributed by atoms with Crippen LogP contribution in [0.1, 0.15) is 42.5 Å². The molecule has 1 aliphatic heterocycles. The quantitative estimate of drug-likeness (QED) is 0.544. The van der Waals surface area contributed by atoms with Gasteiger partial charge in [0.2, 0.25) is 5.91 Å². The fourth-order valence-corrected chi connectivity index (χ4v) is 3.66. The lowest BCUT2D eigenvalue weighted by Crippen LogP contribution is -2.33. The summed E-state index contributed by atoms with van der Waals surface area (Å²) in [5.74, 6) is -0.0934. The van der Waals surface area contributed by atoms with Gasteiger partial charge >= 0.3 is 0 Å². The van der Waals surface area contributed by atoms with E-state index in [4.69, 9.17) is 23.2 Å². The van der Waals surface area contributed by atoms with E-state index in [1.165, 1.54) is 19.3 Å². The van der Waals surface area contributed by atoms with Crippen LogP contribution in [-0.2, 0) is 11.3 Å². The van der Waals surface area contributed by atoms with Crippen LogP contribution in [0.15, 0.2) is 29.4 Å². The van der Waals surface area contributed by atoms with Gasteiger partial charge in [-0.25, -0.2) is 10.1 Å². The number of hydrogen-bond donors (Lipinski definition) is 1. The molecule has 1 N–H and O–H groups in total. The van der Waals surface area contributed by atoms with Crippen LogP contribution < -0.4 is 5.43 Å². The second-order valence-electron chi connectivity index (χ2n) is 7.02. The van der Waals surface area contributed by atoms with Crippen molar-refractivity contribution in [3.05, 3.63) is 51.3 Å². The molecule has 1 aliphatic rings. The number of nitrogens with one attached hydrogen (secondary N) is 1. The van der Waals surface area contributed by atoms with E-state index < -0.39 is 0 Å². The number of hydrazone groups is 1. The van der Waals surface area contributed by atoms with E-state index in [0.717, 1.165) is 30.9 Å². The van der Waals surface area contributed by atoms with Gasteiger partial charge < -0.3 is 4.90 Å². The number of likely N-dealkylation sites (tertiary alicyclic amines) is 1. The van der Waals surface area contributed by atoms with Crippen molar-refractivity contribution >= 4 is 35.3 Å². The minimum atomic E-state index is -0.0934. The number of carbonyl (C=O) groups is 1. The molecule has 150 valence electrons. The first-order valence-corrected chi connectivity index (χ1v) is 10.3. The fourth-order valence-electron chi connectivity index (χ4n) is 3.25. The maximum atomic E-state index is 12.0. The maximum absolute atomic E-state index is 12.0. The summed E-state index contributed by atoms with van der Waals surface area (Å²) in [4.78, 5) is 14.3. The van der Waals surface area contributed by atoms with Gasteiger partial charge in [-0.1, -0.05) is 41.8 Å². The van der Waals surface area contributed by atoms with Crippen LogP contribution in [0.5, 0.6) is 0 Å². The van der Waals surface area contributed by atoms with Crippen molar-refractivity contribution in [2.24, 2.45) is 5.10 Å². The van der Waals surface area contributed by atoms with Crippen molar-refractivity contribution in [1.29, 1.82) is 0 Å². The highest BCUT2D eigenvalue weighted by molar-refractivity contribution is 6.32. The molecule has 0 aliphatic carbocycles. The van der Waals surface area contributed by atoms with Crippen LogP contribution in [0.25, 0.3) is 0 Å². The molecule has 1 aromatic carbocycles. The summed E-state index contributed by atoms with van der Waals surface area (Å²) < 4.78 is 1.71. The van der Waals surface area contributed by atoms with Crippen molar-refractivity contribution in [3.8, 4) is 0 Å². The Morgan fingerprint density at radius 3 is 2.64 bits per heavy atom. The molecule has 1 aromatic heterocycles. The summed E-state index contributed by atoms with van der Waals surface area (Å²) in [6, 6.07) is 7.55. The summed E-state index contributed by atoms with van der Waals surface area (Å²) in [5.41, 5.74) is 5.08. The molecule has 0 atom stereocenters. The molecule has 6 nitrogen and oxygen atoms in total. The average Bonchev–Trinajstić information content (AvgIpc) is 2.96. The Morgan fingerprint density at radius 2 is 1.93 bits per heavy atom. The lowest BCUT2D eigenvalue weighted by molar-refractivity contribution is -0.121. The Bertz CT molecular complexity index is 826. The van der Waals surface area contributed by atoms with Gasteiger partial charge in [0.05, 0.1) is 24.0 Å². The number of aromatic nitrogens is 2. The topological polar surface area (TPSA) is 62.5 Å². The Balaban J connectivity index is 1.53.